The first-order valence-corrected chi connectivity index (χ1v) is 7.17. The average molecular weight is 290 g/mol. The van der Waals surface area contributed by atoms with Crippen LogP contribution in [0, 0.1) is 5.82 Å². The summed E-state index contributed by atoms with van der Waals surface area (Å²) in [6.07, 6.45) is 3.46. The molecule has 4 nitrogen and oxygen atoms in total. The molecule has 1 atom stereocenters. The summed E-state index contributed by atoms with van der Waals surface area (Å²) in [5.74, 6) is 0.981. The maximum Gasteiger partial charge on any atom is 0.209 e. The van der Waals surface area contributed by atoms with Gasteiger partial charge in [-0.15, -0.1) is 0 Å². The first-order valence-electron chi connectivity index (χ1n) is 7.17. The second-order valence-electron chi connectivity index (χ2n) is 5.94. The summed E-state index contributed by atoms with van der Waals surface area (Å²) in [5, 5.41) is 10.1. The first kappa shape index (κ1) is 14.2. The van der Waals surface area contributed by atoms with Gasteiger partial charge in [-0.05, 0) is 50.6 Å². The van der Waals surface area contributed by atoms with Crippen LogP contribution >= 0.6 is 0 Å². The van der Waals surface area contributed by atoms with E-state index in [4.69, 9.17) is 4.42 Å². The van der Waals surface area contributed by atoms with Crippen molar-refractivity contribution < 1.29 is 13.9 Å². The molecule has 1 saturated heterocycles. The number of likely N-dealkylation sites (tertiary alicyclic amines) is 1. The monoisotopic (exact) mass is 290 g/mol. The number of hydrogen-bond donors (Lipinski definition) is 1. The van der Waals surface area contributed by atoms with E-state index in [1.807, 2.05) is 6.92 Å². The van der Waals surface area contributed by atoms with E-state index < -0.39 is 5.60 Å². The van der Waals surface area contributed by atoms with E-state index in [2.05, 4.69) is 9.88 Å². The molecule has 2 heterocycles. The van der Waals surface area contributed by atoms with Gasteiger partial charge >= 0.3 is 0 Å². The van der Waals surface area contributed by atoms with E-state index in [9.17, 15) is 9.50 Å². The van der Waals surface area contributed by atoms with Gasteiger partial charge in [0, 0.05) is 12.1 Å². The van der Waals surface area contributed by atoms with Gasteiger partial charge in [-0.2, -0.15) is 0 Å². The Morgan fingerprint density at radius 3 is 2.86 bits per heavy atom. The summed E-state index contributed by atoms with van der Waals surface area (Å²) in [4.78, 5) is 6.42. The lowest BCUT2D eigenvalue weighted by atomic mass is 9.95. The SMILES string of the molecule is CC1(O)CCCN(Cc2ncc(-c3ccc(F)cc3)o2)C1. The van der Waals surface area contributed by atoms with E-state index in [1.54, 1.807) is 18.3 Å². The van der Waals surface area contributed by atoms with Gasteiger partial charge < -0.3 is 9.52 Å². The van der Waals surface area contributed by atoms with Crippen molar-refractivity contribution in [2.24, 2.45) is 0 Å². The highest BCUT2D eigenvalue weighted by Crippen LogP contribution is 2.24. The van der Waals surface area contributed by atoms with E-state index >= 15 is 0 Å². The van der Waals surface area contributed by atoms with Crippen molar-refractivity contribution in [2.75, 3.05) is 13.1 Å². The minimum atomic E-state index is -0.634. The highest BCUT2D eigenvalue weighted by Gasteiger charge is 2.28. The zero-order valence-corrected chi connectivity index (χ0v) is 12.1. The van der Waals surface area contributed by atoms with E-state index in [0.717, 1.165) is 24.9 Å². The molecule has 1 aliphatic rings. The summed E-state index contributed by atoms with van der Waals surface area (Å²) in [7, 11) is 0. The number of nitrogens with zero attached hydrogens (tertiary/aromatic N) is 2. The molecule has 1 unspecified atom stereocenters. The van der Waals surface area contributed by atoms with Crippen LogP contribution in [-0.2, 0) is 6.54 Å². The standard InChI is InChI=1S/C16H19FN2O2/c1-16(20)7-2-8-19(11-16)10-15-18-9-14(21-15)12-3-5-13(17)6-4-12/h3-6,9,20H,2,7-8,10-11H2,1H3. The van der Waals surface area contributed by atoms with Crippen molar-refractivity contribution in [2.45, 2.75) is 31.9 Å². The Bertz CT molecular complexity index is 607. The Hall–Kier alpha value is -1.72. The van der Waals surface area contributed by atoms with Crippen LogP contribution in [0.1, 0.15) is 25.7 Å². The number of hydrogen-bond acceptors (Lipinski definition) is 4. The van der Waals surface area contributed by atoms with Gasteiger partial charge in [0.2, 0.25) is 5.89 Å². The van der Waals surface area contributed by atoms with Crippen LogP contribution in [0.15, 0.2) is 34.9 Å². The predicted octanol–water partition coefficient (Wildman–Crippen LogP) is 2.83. The van der Waals surface area contributed by atoms with Crippen molar-refractivity contribution >= 4 is 0 Å². The minimum Gasteiger partial charge on any atom is -0.439 e. The summed E-state index contributed by atoms with van der Waals surface area (Å²) in [6, 6.07) is 6.15. The summed E-state index contributed by atoms with van der Waals surface area (Å²) < 4.78 is 18.6. The second kappa shape index (κ2) is 5.58. The maximum absolute atomic E-state index is 12.9. The fourth-order valence-electron chi connectivity index (χ4n) is 2.78. The predicted molar refractivity (Wildman–Crippen MR) is 77.0 cm³/mol. The number of aromatic nitrogens is 1. The Morgan fingerprint density at radius 1 is 1.38 bits per heavy atom. The molecule has 112 valence electrons. The van der Waals surface area contributed by atoms with Crippen molar-refractivity contribution in [1.82, 2.24) is 9.88 Å². The number of β-amino-alcohol motifs (C(OH)–C–C–N with tert-alkyl or cyclic N) is 1. The van der Waals surface area contributed by atoms with Crippen LogP contribution in [0.3, 0.4) is 0 Å². The van der Waals surface area contributed by atoms with Gasteiger partial charge in [0.15, 0.2) is 5.76 Å². The topological polar surface area (TPSA) is 49.5 Å². The molecule has 1 fully saturated rings. The van der Waals surface area contributed by atoms with Gasteiger partial charge in [0.25, 0.3) is 0 Å². The van der Waals surface area contributed by atoms with Gasteiger partial charge in [0.1, 0.15) is 5.82 Å². The molecule has 1 aromatic heterocycles. The first-order chi connectivity index (χ1) is 10.0. The molecule has 2 aromatic rings. The smallest absolute Gasteiger partial charge is 0.209 e. The fraction of sp³-hybridized carbons (Fsp3) is 0.438. The normalized spacial score (nSPS) is 23.4. The molecule has 0 saturated carbocycles. The number of oxazole rings is 1. The lowest BCUT2D eigenvalue weighted by Gasteiger charge is -2.36. The zero-order valence-electron chi connectivity index (χ0n) is 12.1. The van der Waals surface area contributed by atoms with E-state index in [1.165, 1.54) is 12.1 Å². The van der Waals surface area contributed by atoms with E-state index in [0.29, 0.717) is 24.7 Å². The Kier molecular flexibility index (Phi) is 3.78. The van der Waals surface area contributed by atoms with Crippen LogP contribution in [0.5, 0.6) is 0 Å². The van der Waals surface area contributed by atoms with E-state index in [-0.39, 0.29) is 5.82 Å². The quantitative estimate of drug-likeness (QED) is 0.944. The number of piperidine rings is 1. The highest BCUT2D eigenvalue weighted by atomic mass is 19.1. The number of benzene rings is 1. The molecule has 1 aliphatic heterocycles. The van der Waals surface area contributed by atoms with Crippen LogP contribution in [-0.4, -0.2) is 33.7 Å². The second-order valence-corrected chi connectivity index (χ2v) is 5.94. The summed E-state index contributed by atoms with van der Waals surface area (Å²) in [6.45, 7) is 4.00. The van der Waals surface area contributed by atoms with Crippen LogP contribution in [0.4, 0.5) is 4.39 Å². The third kappa shape index (κ3) is 3.49. The van der Waals surface area contributed by atoms with Crippen molar-refractivity contribution in [3.63, 3.8) is 0 Å². The highest BCUT2D eigenvalue weighted by molar-refractivity contribution is 5.55. The Balaban J connectivity index is 1.69. The molecule has 0 bridgehead atoms. The van der Waals surface area contributed by atoms with Gasteiger partial charge in [-0.25, -0.2) is 9.37 Å². The summed E-state index contributed by atoms with van der Waals surface area (Å²) in [5.41, 5.74) is 0.172. The molecule has 21 heavy (non-hydrogen) atoms. The van der Waals surface area contributed by atoms with Crippen molar-refractivity contribution in [3.8, 4) is 11.3 Å². The number of halogens is 1. The Morgan fingerprint density at radius 2 is 2.14 bits per heavy atom. The molecule has 3 rings (SSSR count). The molecule has 0 spiro atoms. The molecular weight excluding hydrogens is 271 g/mol. The lowest BCUT2D eigenvalue weighted by Crippen LogP contribution is -2.45. The third-order valence-electron chi connectivity index (χ3n) is 3.80. The van der Waals surface area contributed by atoms with Gasteiger partial charge in [-0.3, -0.25) is 4.90 Å². The molecule has 1 aromatic carbocycles. The molecular formula is C16H19FN2O2. The molecule has 1 N–H and O–H groups in total. The van der Waals surface area contributed by atoms with Gasteiger partial charge in [-0.1, -0.05) is 0 Å². The lowest BCUT2D eigenvalue weighted by molar-refractivity contribution is -0.0202. The number of aliphatic hydroxyl groups is 1. The molecule has 0 radical (unpaired) electrons. The van der Waals surface area contributed by atoms with Crippen molar-refractivity contribution in [1.29, 1.82) is 0 Å². The van der Waals surface area contributed by atoms with Gasteiger partial charge in [0.05, 0.1) is 18.3 Å². The van der Waals surface area contributed by atoms with Crippen LogP contribution in [0.25, 0.3) is 11.3 Å². The molecule has 0 aliphatic carbocycles. The molecule has 0 amide bonds. The zero-order chi connectivity index (χ0) is 14.9. The minimum absolute atomic E-state index is 0.269. The average Bonchev–Trinajstić information content (AvgIpc) is 2.87. The maximum atomic E-state index is 12.9. The van der Waals surface area contributed by atoms with Crippen molar-refractivity contribution in [3.05, 3.63) is 42.2 Å². The number of rotatable bonds is 3. The fourth-order valence-corrected chi connectivity index (χ4v) is 2.78. The molecule has 5 heteroatoms. The summed E-state index contributed by atoms with van der Waals surface area (Å²) >= 11 is 0. The largest absolute Gasteiger partial charge is 0.439 e. The van der Waals surface area contributed by atoms with Crippen LogP contribution in [0.2, 0.25) is 0 Å². The Labute approximate surface area is 123 Å². The van der Waals surface area contributed by atoms with Crippen LogP contribution < -0.4 is 0 Å². The third-order valence-corrected chi connectivity index (χ3v) is 3.80.